The van der Waals surface area contributed by atoms with Crippen molar-refractivity contribution in [3.63, 3.8) is 0 Å². The van der Waals surface area contributed by atoms with Gasteiger partial charge in [0.25, 0.3) is 0 Å². The first-order valence-electron chi connectivity index (χ1n) is 8.25. The molecule has 0 bridgehead atoms. The van der Waals surface area contributed by atoms with E-state index in [1.807, 2.05) is 0 Å². The summed E-state index contributed by atoms with van der Waals surface area (Å²) < 4.78 is 2.38. The summed E-state index contributed by atoms with van der Waals surface area (Å²) >= 11 is 0. The lowest BCUT2D eigenvalue weighted by atomic mass is 10.0. The van der Waals surface area contributed by atoms with Gasteiger partial charge in [0.1, 0.15) is 0 Å². The molecule has 114 valence electrons. The molecule has 0 amide bonds. The molecular formula is C22H21N. The number of aryl methyl sites for hydroxylation is 1. The molecule has 23 heavy (non-hydrogen) atoms. The van der Waals surface area contributed by atoms with Gasteiger partial charge in [-0.1, -0.05) is 50.2 Å². The van der Waals surface area contributed by atoms with Crippen LogP contribution in [0.5, 0.6) is 0 Å². The molecule has 0 saturated heterocycles. The van der Waals surface area contributed by atoms with Crippen LogP contribution in [0.3, 0.4) is 0 Å². The summed E-state index contributed by atoms with van der Waals surface area (Å²) in [5.74, 6) is 0.542. The largest absolute Gasteiger partial charge is 0.309 e. The number of para-hydroxylation sites is 1. The van der Waals surface area contributed by atoms with Crippen LogP contribution in [-0.2, 0) is 0 Å². The smallest absolute Gasteiger partial charge is 0.0543 e. The Hall–Kier alpha value is -2.54. The molecule has 0 saturated carbocycles. The number of nitrogens with zero attached hydrogens (tertiary/aromatic N) is 1. The molecule has 0 radical (unpaired) electrons. The van der Waals surface area contributed by atoms with Crippen molar-refractivity contribution in [2.75, 3.05) is 0 Å². The summed E-state index contributed by atoms with van der Waals surface area (Å²) in [6, 6.07) is 24.3. The van der Waals surface area contributed by atoms with Crippen molar-refractivity contribution in [2.24, 2.45) is 0 Å². The summed E-state index contributed by atoms with van der Waals surface area (Å²) in [5.41, 5.74) is 6.47. The maximum absolute atomic E-state index is 2.38. The fraction of sp³-hybridized carbons (Fsp3) is 0.182. The minimum absolute atomic E-state index is 0.542. The summed E-state index contributed by atoms with van der Waals surface area (Å²) in [4.78, 5) is 0. The van der Waals surface area contributed by atoms with E-state index in [-0.39, 0.29) is 0 Å². The Bertz CT molecular complexity index is 991. The maximum Gasteiger partial charge on any atom is 0.0543 e. The average Bonchev–Trinajstić information content (AvgIpc) is 2.88. The second-order valence-electron chi connectivity index (χ2n) is 6.62. The molecule has 1 heteroatoms. The molecule has 0 aliphatic heterocycles. The predicted octanol–water partition coefficient (Wildman–Crippen LogP) is 6.22. The Labute approximate surface area is 137 Å². The first-order valence-corrected chi connectivity index (χ1v) is 8.25. The summed E-state index contributed by atoms with van der Waals surface area (Å²) in [6.07, 6.45) is 0. The van der Waals surface area contributed by atoms with Crippen LogP contribution < -0.4 is 0 Å². The van der Waals surface area contributed by atoms with Gasteiger partial charge < -0.3 is 4.57 Å². The average molecular weight is 299 g/mol. The quantitative estimate of drug-likeness (QED) is 0.414. The fourth-order valence-electron chi connectivity index (χ4n) is 3.36. The van der Waals surface area contributed by atoms with Gasteiger partial charge in [0, 0.05) is 16.5 Å². The Kier molecular flexibility index (Phi) is 3.23. The molecule has 1 heterocycles. The van der Waals surface area contributed by atoms with E-state index in [9.17, 15) is 0 Å². The van der Waals surface area contributed by atoms with Crippen LogP contribution in [0.2, 0.25) is 0 Å². The van der Waals surface area contributed by atoms with E-state index in [0.717, 1.165) is 0 Å². The van der Waals surface area contributed by atoms with Crippen molar-refractivity contribution in [3.8, 4) is 5.69 Å². The predicted molar refractivity (Wildman–Crippen MR) is 99.6 cm³/mol. The van der Waals surface area contributed by atoms with Gasteiger partial charge in [0.05, 0.1) is 11.0 Å². The number of fused-ring (bicyclic) bond motifs is 3. The first-order chi connectivity index (χ1) is 11.1. The van der Waals surface area contributed by atoms with Gasteiger partial charge in [0.2, 0.25) is 0 Å². The fourth-order valence-corrected chi connectivity index (χ4v) is 3.36. The van der Waals surface area contributed by atoms with Gasteiger partial charge in [-0.15, -0.1) is 0 Å². The standard InChI is InChI=1S/C22H21N/c1-15(2)17-10-12-21-20(14-17)19-11-9-16(3)13-22(19)23(21)18-7-5-4-6-8-18/h4-15H,1-3H3. The highest BCUT2D eigenvalue weighted by Crippen LogP contribution is 2.34. The summed E-state index contributed by atoms with van der Waals surface area (Å²) in [5, 5.41) is 2.67. The molecule has 0 unspecified atom stereocenters. The van der Waals surface area contributed by atoms with Crippen LogP contribution in [0.15, 0.2) is 66.7 Å². The Balaban J connectivity index is 2.16. The normalized spacial score (nSPS) is 11.7. The van der Waals surface area contributed by atoms with Gasteiger partial charge >= 0.3 is 0 Å². The molecule has 4 aromatic rings. The number of hydrogen-bond acceptors (Lipinski definition) is 0. The van der Waals surface area contributed by atoms with Crippen LogP contribution in [0.4, 0.5) is 0 Å². The third kappa shape index (κ3) is 2.24. The van der Waals surface area contributed by atoms with E-state index < -0.39 is 0 Å². The second kappa shape index (κ2) is 5.27. The highest BCUT2D eigenvalue weighted by Gasteiger charge is 2.13. The van der Waals surface area contributed by atoms with Gasteiger partial charge in [-0.25, -0.2) is 0 Å². The van der Waals surface area contributed by atoms with Crippen LogP contribution in [0.1, 0.15) is 30.9 Å². The molecule has 1 nitrogen and oxygen atoms in total. The second-order valence-corrected chi connectivity index (χ2v) is 6.62. The zero-order valence-electron chi connectivity index (χ0n) is 13.9. The van der Waals surface area contributed by atoms with Crippen molar-refractivity contribution in [1.29, 1.82) is 0 Å². The molecular weight excluding hydrogens is 278 g/mol. The van der Waals surface area contributed by atoms with E-state index in [2.05, 4.69) is 92.1 Å². The van der Waals surface area contributed by atoms with E-state index in [1.165, 1.54) is 38.6 Å². The highest BCUT2D eigenvalue weighted by atomic mass is 15.0. The number of rotatable bonds is 2. The van der Waals surface area contributed by atoms with E-state index in [0.29, 0.717) is 5.92 Å². The van der Waals surface area contributed by atoms with E-state index in [4.69, 9.17) is 0 Å². The van der Waals surface area contributed by atoms with Gasteiger partial charge in [-0.2, -0.15) is 0 Å². The van der Waals surface area contributed by atoms with Crippen LogP contribution >= 0.6 is 0 Å². The summed E-state index contributed by atoms with van der Waals surface area (Å²) in [6.45, 7) is 6.66. The summed E-state index contributed by atoms with van der Waals surface area (Å²) in [7, 11) is 0. The maximum atomic E-state index is 2.38. The molecule has 0 N–H and O–H groups in total. The minimum atomic E-state index is 0.542. The lowest BCUT2D eigenvalue weighted by Crippen LogP contribution is -1.93. The highest BCUT2D eigenvalue weighted by molar-refractivity contribution is 6.09. The molecule has 0 fully saturated rings. The number of hydrogen-bond donors (Lipinski definition) is 0. The van der Waals surface area contributed by atoms with Gasteiger partial charge in [0.15, 0.2) is 0 Å². The third-order valence-corrected chi connectivity index (χ3v) is 4.63. The molecule has 0 spiro atoms. The molecule has 0 aliphatic carbocycles. The van der Waals surface area contributed by atoms with Crippen LogP contribution in [-0.4, -0.2) is 4.57 Å². The molecule has 0 atom stereocenters. The number of aromatic nitrogens is 1. The lowest BCUT2D eigenvalue weighted by Gasteiger charge is -2.09. The van der Waals surface area contributed by atoms with Crippen molar-refractivity contribution < 1.29 is 0 Å². The number of benzene rings is 3. The third-order valence-electron chi connectivity index (χ3n) is 4.63. The van der Waals surface area contributed by atoms with Gasteiger partial charge in [-0.05, 0) is 54.3 Å². The van der Waals surface area contributed by atoms with Crippen molar-refractivity contribution in [3.05, 3.63) is 77.9 Å². The topological polar surface area (TPSA) is 4.93 Å². The molecule has 3 aromatic carbocycles. The molecule has 4 rings (SSSR count). The van der Waals surface area contributed by atoms with E-state index >= 15 is 0 Å². The van der Waals surface area contributed by atoms with Crippen molar-refractivity contribution in [1.82, 2.24) is 4.57 Å². The Morgan fingerprint density at radius 1 is 0.739 bits per heavy atom. The minimum Gasteiger partial charge on any atom is -0.309 e. The first kappa shape index (κ1) is 14.1. The zero-order valence-corrected chi connectivity index (χ0v) is 13.9. The molecule has 1 aromatic heterocycles. The molecule has 0 aliphatic rings. The van der Waals surface area contributed by atoms with Crippen molar-refractivity contribution in [2.45, 2.75) is 26.7 Å². The van der Waals surface area contributed by atoms with Crippen LogP contribution in [0.25, 0.3) is 27.5 Å². The van der Waals surface area contributed by atoms with Gasteiger partial charge in [-0.3, -0.25) is 0 Å². The Morgan fingerprint density at radius 2 is 1.52 bits per heavy atom. The zero-order chi connectivity index (χ0) is 16.0. The lowest BCUT2D eigenvalue weighted by molar-refractivity contribution is 0.868. The van der Waals surface area contributed by atoms with Crippen LogP contribution in [0, 0.1) is 6.92 Å². The van der Waals surface area contributed by atoms with E-state index in [1.54, 1.807) is 0 Å². The Morgan fingerprint density at radius 3 is 2.26 bits per heavy atom. The van der Waals surface area contributed by atoms with Crippen molar-refractivity contribution >= 4 is 21.8 Å². The monoisotopic (exact) mass is 299 g/mol. The SMILES string of the molecule is Cc1ccc2c3cc(C(C)C)ccc3n(-c3ccccc3)c2c1.